The maximum atomic E-state index is 8.76. The zero-order valence-electron chi connectivity index (χ0n) is 5.28. The van der Waals surface area contributed by atoms with Gasteiger partial charge in [-0.3, -0.25) is 0 Å². The van der Waals surface area contributed by atoms with Gasteiger partial charge in [0.05, 0.1) is 5.25 Å². The summed E-state index contributed by atoms with van der Waals surface area (Å²) in [7, 11) is 0. The third kappa shape index (κ3) is 4.08. The monoisotopic (exact) mass is 168 g/mol. The molecule has 1 unspecified atom stereocenters. The normalized spacial score (nSPS) is 15.7. The summed E-state index contributed by atoms with van der Waals surface area (Å²) in [4.78, 5) is 0. The van der Waals surface area contributed by atoms with E-state index in [-0.39, 0.29) is 0 Å². The lowest BCUT2D eigenvalue weighted by atomic mass is 10.2. The summed E-state index contributed by atoms with van der Waals surface area (Å²) in [5, 5.41) is 15.1. The Morgan fingerprint density at radius 2 is 2.00 bits per heavy atom. The van der Waals surface area contributed by atoms with E-state index in [0.717, 1.165) is 6.42 Å². The van der Waals surface area contributed by atoms with Crippen LogP contribution in [0, 0.1) is 0 Å². The maximum Gasteiger partial charge on any atom is 0.222 e. The fourth-order valence-electron chi connectivity index (χ4n) is 0.467. The summed E-state index contributed by atoms with van der Waals surface area (Å²) in [6.45, 7) is 1.95. The second-order valence-electron chi connectivity index (χ2n) is 1.99. The van der Waals surface area contributed by atoms with Crippen LogP contribution in [0.5, 0.6) is 0 Å². The van der Waals surface area contributed by atoms with Crippen molar-refractivity contribution in [1.82, 2.24) is 0 Å². The molecule has 4 heteroatoms. The molecule has 0 saturated heterocycles. The molecule has 56 valence electrons. The maximum absolute atomic E-state index is 8.76. The molecule has 0 aromatic heterocycles. The van der Waals surface area contributed by atoms with Crippen molar-refractivity contribution in [2.24, 2.45) is 0 Å². The van der Waals surface area contributed by atoms with Crippen LogP contribution in [0.3, 0.4) is 0 Å². The van der Waals surface area contributed by atoms with E-state index < -0.39 is 10.4 Å². The molecule has 0 aliphatic carbocycles. The van der Waals surface area contributed by atoms with Crippen LogP contribution in [-0.4, -0.2) is 20.6 Å². The third-order valence-electron chi connectivity index (χ3n) is 1.01. The Labute approximate surface area is 66.1 Å². The lowest BCUT2D eigenvalue weighted by Crippen LogP contribution is -2.32. The lowest BCUT2D eigenvalue weighted by Gasteiger charge is -2.21. The van der Waals surface area contributed by atoms with Gasteiger partial charge in [0.25, 0.3) is 0 Å². The van der Waals surface area contributed by atoms with E-state index in [1.54, 1.807) is 0 Å². The van der Waals surface area contributed by atoms with Gasteiger partial charge in [-0.2, -0.15) is 12.6 Å². The minimum Gasteiger partial charge on any atom is -0.357 e. The highest BCUT2D eigenvalue weighted by Gasteiger charge is 2.25. The first-order chi connectivity index (χ1) is 3.98. The van der Waals surface area contributed by atoms with E-state index in [4.69, 9.17) is 10.2 Å². The second kappa shape index (κ2) is 3.71. The molecule has 0 aromatic carbocycles. The van der Waals surface area contributed by atoms with E-state index in [1.165, 1.54) is 0 Å². The molecule has 0 aliphatic heterocycles. The zero-order chi connectivity index (χ0) is 7.49. The Morgan fingerprint density at radius 1 is 1.56 bits per heavy atom. The number of hydrogen-bond acceptors (Lipinski definition) is 4. The zero-order valence-corrected chi connectivity index (χ0v) is 7.07. The molecule has 0 spiro atoms. The highest BCUT2D eigenvalue weighted by molar-refractivity contribution is 7.85. The molecule has 1 atom stereocenters. The number of hydrogen-bond donors (Lipinski definition) is 4. The lowest BCUT2D eigenvalue weighted by molar-refractivity contribution is -0.0746. The molecule has 0 heterocycles. The van der Waals surface area contributed by atoms with Gasteiger partial charge < -0.3 is 10.2 Å². The largest absolute Gasteiger partial charge is 0.357 e. The molecule has 0 aromatic rings. The highest BCUT2D eigenvalue weighted by Crippen LogP contribution is 2.20. The summed E-state index contributed by atoms with van der Waals surface area (Å²) in [6.07, 6.45) is 1.53. The van der Waals surface area contributed by atoms with E-state index in [2.05, 4.69) is 25.3 Å². The first kappa shape index (κ1) is 9.62. The molecule has 0 amide bonds. The van der Waals surface area contributed by atoms with Crippen molar-refractivity contribution in [1.29, 1.82) is 0 Å². The van der Waals surface area contributed by atoms with Crippen LogP contribution in [0.25, 0.3) is 0 Å². The van der Waals surface area contributed by atoms with Gasteiger partial charge in [-0.1, -0.05) is 13.3 Å². The Morgan fingerprint density at radius 3 is 2.11 bits per heavy atom. The third-order valence-corrected chi connectivity index (χ3v) is 2.14. The van der Waals surface area contributed by atoms with Crippen molar-refractivity contribution in [2.45, 2.75) is 30.1 Å². The van der Waals surface area contributed by atoms with E-state index in [9.17, 15) is 0 Å². The van der Waals surface area contributed by atoms with Crippen molar-refractivity contribution in [3.05, 3.63) is 0 Å². The summed E-state index contributed by atoms with van der Waals surface area (Å²) in [5.74, 6) is 0. The van der Waals surface area contributed by atoms with Crippen molar-refractivity contribution in [2.75, 3.05) is 0 Å². The molecule has 2 nitrogen and oxygen atoms in total. The average Bonchev–Trinajstić information content (AvgIpc) is 1.64. The molecule has 0 fully saturated rings. The van der Waals surface area contributed by atoms with Gasteiger partial charge in [-0.25, -0.2) is 0 Å². The van der Waals surface area contributed by atoms with Gasteiger partial charge in [-0.05, 0) is 6.42 Å². The van der Waals surface area contributed by atoms with Gasteiger partial charge in [-0.15, -0.1) is 12.6 Å². The Hall–Kier alpha value is 0.620. The van der Waals surface area contributed by atoms with Crippen LogP contribution in [0.1, 0.15) is 19.8 Å². The minimum absolute atomic E-state index is 0.467. The van der Waals surface area contributed by atoms with Gasteiger partial charge >= 0.3 is 0 Å². The van der Waals surface area contributed by atoms with Crippen molar-refractivity contribution in [3.8, 4) is 0 Å². The van der Waals surface area contributed by atoms with Crippen LogP contribution in [0.4, 0.5) is 0 Å². The van der Waals surface area contributed by atoms with Crippen LogP contribution in [0.15, 0.2) is 0 Å². The Kier molecular flexibility index (Phi) is 3.96. The Balaban J connectivity index is 3.59. The molecular formula is C5H12O2S2. The van der Waals surface area contributed by atoms with E-state index in [0.29, 0.717) is 6.42 Å². The van der Waals surface area contributed by atoms with Crippen molar-refractivity contribution < 1.29 is 10.2 Å². The minimum atomic E-state index is -1.93. The number of thiol groups is 2. The summed E-state index contributed by atoms with van der Waals surface area (Å²) < 4.78 is 0. The molecule has 0 saturated carbocycles. The molecule has 0 bridgehead atoms. The Bertz CT molecular complexity index is 79.5. The number of aliphatic hydroxyl groups is 2. The predicted molar refractivity (Wildman–Crippen MR) is 43.8 cm³/mol. The quantitative estimate of drug-likeness (QED) is 0.369. The molecule has 0 radical (unpaired) electrons. The van der Waals surface area contributed by atoms with Crippen LogP contribution >= 0.6 is 25.3 Å². The fourth-order valence-corrected chi connectivity index (χ4v) is 0.854. The highest BCUT2D eigenvalue weighted by atomic mass is 32.1. The molecule has 0 aliphatic rings. The van der Waals surface area contributed by atoms with Gasteiger partial charge in [0.1, 0.15) is 0 Å². The summed E-state index contributed by atoms with van der Waals surface area (Å²) >= 11 is 7.43. The van der Waals surface area contributed by atoms with Crippen LogP contribution < -0.4 is 0 Å². The topological polar surface area (TPSA) is 40.5 Å². The second-order valence-corrected chi connectivity index (χ2v) is 3.27. The fraction of sp³-hybridized carbons (Fsp3) is 1.00. The molecular weight excluding hydrogens is 156 g/mol. The van der Waals surface area contributed by atoms with E-state index >= 15 is 0 Å². The first-order valence-corrected chi connectivity index (χ1v) is 3.80. The SMILES string of the molecule is CCCC(S)C(O)(O)S. The van der Waals surface area contributed by atoms with Crippen molar-refractivity contribution in [3.63, 3.8) is 0 Å². The number of rotatable bonds is 3. The van der Waals surface area contributed by atoms with Crippen LogP contribution in [0.2, 0.25) is 0 Å². The smallest absolute Gasteiger partial charge is 0.222 e. The molecule has 2 N–H and O–H groups in total. The standard InChI is InChI=1S/C5H12O2S2/c1-2-3-4(8)5(6,7)9/h4,6-9H,2-3H2,1H3. The van der Waals surface area contributed by atoms with Crippen molar-refractivity contribution >= 4 is 25.3 Å². The van der Waals surface area contributed by atoms with E-state index in [1.807, 2.05) is 6.92 Å². The first-order valence-electron chi connectivity index (χ1n) is 2.83. The predicted octanol–water partition coefficient (Wildman–Crippen LogP) is 0.653. The van der Waals surface area contributed by atoms with Gasteiger partial charge in [0.2, 0.25) is 5.12 Å². The summed E-state index contributed by atoms with van der Waals surface area (Å²) in [6, 6.07) is 0. The summed E-state index contributed by atoms with van der Waals surface area (Å²) in [5.41, 5.74) is 0. The molecule has 9 heavy (non-hydrogen) atoms. The van der Waals surface area contributed by atoms with Gasteiger partial charge in [0, 0.05) is 0 Å². The molecule has 0 rings (SSSR count). The van der Waals surface area contributed by atoms with Gasteiger partial charge in [0.15, 0.2) is 0 Å². The van der Waals surface area contributed by atoms with Crippen LogP contribution in [-0.2, 0) is 0 Å². The average molecular weight is 168 g/mol.